The molecular formula is C22H22F4N4O. The van der Waals surface area contributed by atoms with Gasteiger partial charge in [0, 0.05) is 19.2 Å². The first-order valence-corrected chi connectivity index (χ1v) is 9.83. The van der Waals surface area contributed by atoms with E-state index in [-0.39, 0.29) is 24.1 Å². The number of likely N-dealkylation sites (N-methyl/N-ethyl adjacent to an activating group) is 1. The molecule has 1 aromatic carbocycles. The van der Waals surface area contributed by atoms with Crippen LogP contribution in [0.25, 0.3) is 5.57 Å². The van der Waals surface area contributed by atoms with E-state index >= 15 is 0 Å². The lowest BCUT2D eigenvalue weighted by Gasteiger charge is -2.43. The number of aliphatic hydroxyl groups excluding tert-OH is 1. The van der Waals surface area contributed by atoms with Crippen molar-refractivity contribution in [1.82, 2.24) is 4.90 Å². The number of nitrogens with two attached hydrogens (primary N) is 1. The molecule has 0 spiro atoms. The van der Waals surface area contributed by atoms with E-state index in [9.17, 15) is 22.7 Å². The Morgan fingerprint density at radius 3 is 2.48 bits per heavy atom. The smallest absolute Gasteiger partial charge is 0.371 e. The highest BCUT2D eigenvalue weighted by Crippen LogP contribution is 2.46. The lowest BCUT2D eigenvalue weighted by molar-refractivity contribution is -0.0863. The van der Waals surface area contributed by atoms with Crippen LogP contribution >= 0.6 is 0 Å². The minimum Gasteiger partial charge on any atom is -0.371 e. The van der Waals surface area contributed by atoms with Crippen LogP contribution in [0, 0.1) is 11.7 Å². The molecule has 0 saturated carbocycles. The number of dihydropyridines is 1. The van der Waals surface area contributed by atoms with Gasteiger partial charge in [0.2, 0.25) is 0 Å². The van der Waals surface area contributed by atoms with Crippen LogP contribution in [0.4, 0.5) is 17.6 Å². The lowest BCUT2D eigenvalue weighted by atomic mass is 9.70. The molecule has 4 rings (SSSR count). The van der Waals surface area contributed by atoms with E-state index in [0.29, 0.717) is 6.42 Å². The number of rotatable bonds is 3. The van der Waals surface area contributed by atoms with E-state index in [1.807, 2.05) is 18.2 Å². The van der Waals surface area contributed by atoms with E-state index in [2.05, 4.69) is 9.98 Å². The van der Waals surface area contributed by atoms with E-state index < -0.39 is 29.6 Å². The number of aliphatic hydroxyl groups is 1. The highest BCUT2D eigenvalue weighted by atomic mass is 19.4. The summed E-state index contributed by atoms with van der Waals surface area (Å²) in [5, 5.41) is 11.1. The third kappa shape index (κ3) is 3.67. The quantitative estimate of drug-likeness (QED) is 0.716. The molecule has 0 aromatic heterocycles. The van der Waals surface area contributed by atoms with Gasteiger partial charge in [-0.15, -0.1) is 0 Å². The summed E-state index contributed by atoms with van der Waals surface area (Å²) in [6, 6.07) is 5.32. The number of hydrogen-bond acceptors (Lipinski definition) is 5. The molecule has 3 N–H and O–H groups in total. The maximum Gasteiger partial charge on any atom is 0.417 e. The predicted molar refractivity (Wildman–Crippen MR) is 111 cm³/mol. The minimum atomic E-state index is -4.49. The molecule has 9 heteroatoms. The molecule has 4 unspecified atom stereocenters. The van der Waals surface area contributed by atoms with Gasteiger partial charge in [-0.2, -0.15) is 13.2 Å². The predicted octanol–water partition coefficient (Wildman–Crippen LogP) is 3.43. The van der Waals surface area contributed by atoms with E-state index in [4.69, 9.17) is 5.73 Å². The summed E-state index contributed by atoms with van der Waals surface area (Å²) in [6.07, 6.45) is 2.20. The van der Waals surface area contributed by atoms with Gasteiger partial charge in [0.05, 0.1) is 11.6 Å². The highest BCUT2D eigenvalue weighted by Gasteiger charge is 2.56. The van der Waals surface area contributed by atoms with Gasteiger partial charge in [-0.1, -0.05) is 36.4 Å². The third-order valence-electron chi connectivity index (χ3n) is 6.16. The molecule has 0 fully saturated rings. The fourth-order valence-electron chi connectivity index (χ4n) is 4.43. The Kier molecular flexibility index (Phi) is 5.25. The minimum absolute atomic E-state index is 0.0348. The van der Waals surface area contributed by atoms with Gasteiger partial charge in [-0.05, 0) is 36.1 Å². The molecule has 2 aliphatic heterocycles. The molecule has 0 saturated heterocycles. The van der Waals surface area contributed by atoms with Gasteiger partial charge < -0.3 is 15.7 Å². The third-order valence-corrected chi connectivity index (χ3v) is 6.16. The zero-order valence-corrected chi connectivity index (χ0v) is 16.7. The Bertz CT molecular complexity index is 1010. The standard InChI is InChI=1S/C22H22F4N4O/c1-30-19(31)21(29-20(30)27,18-10-7-16(12-28-18)22(24,25)26)15-4-2-3-14(11-15)13-5-8-17(23)9-6-13/h2-9,12,15,18-19,31H,10-11H2,1H3,(H2,27,29). The van der Waals surface area contributed by atoms with Crippen molar-refractivity contribution in [3.05, 3.63) is 65.5 Å². The summed E-state index contributed by atoms with van der Waals surface area (Å²) >= 11 is 0. The van der Waals surface area contributed by atoms with E-state index in [1.54, 1.807) is 19.2 Å². The second kappa shape index (κ2) is 7.64. The fraction of sp³-hybridized carbons (Fsp3) is 0.364. The van der Waals surface area contributed by atoms with Gasteiger partial charge in [-0.25, -0.2) is 9.38 Å². The molecule has 31 heavy (non-hydrogen) atoms. The van der Waals surface area contributed by atoms with Crippen LogP contribution in [-0.2, 0) is 0 Å². The summed E-state index contributed by atoms with van der Waals surface area (Å²) in [4.78, 5) is 10.1. The van der Waals surface area contributed by atoms with Crippen molar-refractivity contribution >= 4 is 17.7 Å². The molecule has 0 radical (unpaired) electrons. The van der Waals surface area contributed by atoms with Crippen molar-refractivity contribution in [2.24, 2.45) is 21.6 Å². The van der Waals surface area contributed by atoms with Crippen LogP contribution in [0.1, 0.15) is 18.4 Å². The van der Waals surface area contributed by atoms with Crippen molar-refractivity contribution in [2.45, 2.75) is 36.8 Å². The van der Waals surface area contributed by atoms with Crippen LogP contribution in [0.2, 0.25) is 0 Å². The molecule has 0 amide bonds. The summed E-state index contributed by atoms with van der Waals surface area (Å²) in [5.74, 6) is -0.642. The molecular weight excluding hydrogens is 412 g/mol. The molecule has 5 nitrogen and oxygen atoms in total. The SMILES string of the molecule is CN1C(N)=NC(C2C=CC=C(c3ccc(F)cc3)C2)(C2CC=C(C(F)(F)F)C=N2)C1O. The topological polar surface area (TPSA) is 74.2 Å². The van der Waals surface area contributed by atoms with Crippen molar-refractivity contribution in [3.8, 4) is 0 Å². The Morgan fingerprint density at radius 1 is 1.23 bits per heavy atom. The summed E-state index contributed by atoms with van der Waals surface area (Å²) in [5.41, 5.74) is 5.63. The van der Waals surface area contributed by atoms with Crippen molar-refractivity contribution in [2.75, 3.05) is 7.05 Å². The van der Waals surface area contributed by atoms with Crippen LogP contribution in [-0.4, -0.2) is 53.2 Å². The average Bonchev–Trinajstić information content (AvgIpc) is 2.99. The van der Waals surface area contributed by atoms with Crippen molar-refractivity contribution in [1.29, 1.82) is 0 Å². The Balaban J connectivity index is 1.69. The maximum atomic E-state index is 13.3. The van der Waals surface area contributed by atoms with E-state index in [0.717, 1.165) is 23.4 Å². The number of hydrogen-bond donors (Lipinski definition) is 2. The highest BCUT2D eigenvalue weighted by molar-refractivity contribution is 5.83. The normalized spacial score (nSPS) is 30.8. The lowest BCUT2D eigenvalue weighted by Crippen LogP contribution is -2.57. The van der Waals surface area contributed by atoms with Crippen LogP contribution in [0.3, 0.4) is 0 Å². The second-order valence-electron chi connectivity index (χ2n) is 7.92. The summed E-state index contributed by atoms with van der Waals surface area (Å²) in [6.45, 7) is 0. The van der Waals surface area contributed by atoms with Gasteiger partial charge in [0.25, 0.3) is 0 Å². The van der Waals surface area contributed by atoms with Crippen LogP contribution in [0.5, 0.6) is 0 Å². The largest absolute Gasteiger partial charge is 0.417 e. The summed E-state index contributed by atoms with van der Waals surface area (Å²) in [7, 11) is 1.58. The first kappa shape index (κ1) is 21.3. The molecule has 0 bridgehead atoms. The molecule has 1 aliphatic carbocycles. The molecule has 164 valence electrons. The number of alkyl halides is 3. The number of halogens is 4. The summed E-state index contributed by atoms with van der Waals surface area (Å²) < 4.78 is 52.5. The molecule has 3 aliphatic rings. The van der Waals surface area contributed by atoms with Gasteiger partial charge >= 0.3 is 6.18 Å². The first-order chi connectivity index (χ1) is 14.6. The monoisotopic (exact) mass is 434 g/mol. The fourth-order valence-corrected chi connectivity index (χ4v) is 4.43. The number of allylic oxidation sites excluding steroid dienone is 4. The second-order valence-corrected chi connectivity index (χ2v) is 7.92. The number of aliphatic imine (C=N–C) groups is 2. The first-order valence-electron chi connectivity index (χ1n) is 9.83. The van der Waals surface area contributed by atoms with Crippen molar-refractivity contribution < 1.29 is 22.7 Å². The van der Waals surface area contributed by atoms with Crippen LogP contribution in [0.15, 0.2) is 64.1 Å². The van der Waals surface area contributed by atoms with E-state index in [1.165, 1.54) is 17.0 Å². The number of benzene rings is 1. The van der Waals surface area contributed by atoms with Gasteiger partial charge in [0.15, 0.2) is 12.2 Å². The maximum absolute atomic E-state index is 13.3. The molecule has 1 aromatic rings. The Morgan fingerprint density at radius 2 is 1.94 bits per heavy atom. The molecule has 4 atom stereocenters. The Hall–Kier alpha value is -2.94. The number of nitrogens with zero attached hydrogens (tertiary/aromatic N) is 3. The van der Waals surface area contributed by atoms with Gasteiger partial charge in [-0.3, -0.25) is 4.99 Å². The number of guanidine groups is 1. The Labute approximate surface area is 177 Å². The van der Waals surface area contributed by atoms with Crippen molar-refractivity contribution in [3.63, 3.8) is 0 Å². The van der Waals surface area contributed by atoms with Crippen LogP contribution < -0.4 is 5.73 Å². The zero-order chi connectivity index (χ0) is 22.4. The van der Waals surface area contributed by atoms with Gasteiger partial charge in [0.1, 0.15) is 11.4 Å². The zero-order valence-electron chi connectivity index (χ0n) is 16.7. The average molecular weight is 434 g/mol. The molecule has 2 heterocycles.